The number of hydrogen-bond acceptors (Lipinski definition) is 6. The van der Waals surface area contributed by atoms with Crippen LogP contribution in [0.3, 0.4) is 0 Å². The average Bonchev–Trinajstić information content (AvgIpc) is 2.91. The molecule has 2 amide bonds. The number of aryl methyl sites for hydroxylation is 1. The molecule has 2 unspecified atom stereocenters. The molecule has 0 saturated heterocycles. The Balaban J connectivity index is 1.51. The zero-order valence-electron chi connectivity index (χ0n) is 24.3. The van der Waals surface area contributed by atoms with Crippen LogP contribution in [0.2, 0.25) is 0 Å². The van der Waals surface area contributed by atoms with E-state index in [4.69, 9.17) is 21.0 Å². The fraction of sp³-hybridized carbons (Fsp3) is 0.344. The summed E-state index contributed by atoms with van der Waals surface area (Å²) in [5.74, 6) is 1.24. The Kier molecular flexibility index (Phi) is 8.86. The van der Waals surface area contributed by atoms with Crippen LogP contribution in [0.4, 0.5) is 10.5 Å². The van der Waals surface area contributed by atoms with E-state index >= 15 is 0 Å². The second-order valence-corrected chi connectivity index (χ2v) is 11.5. The summed E-state index contributed by atoms with van der Waals surface area (Å²) in [5.41, 5.74) is 4.15. The van der Waals surface area contributed by atoms with Crippen molar-refractivity contribution in [2.75, 3.05) is 0 Å². The number of amidine groups is 1. The van der Waals surface area contributed by atoms with E-state index < -0.39 is 0 Å². The molecular formula is C32H39N7O2. The molecule has 0 aliphatic heterocycles. The van der Waals surface area contributed by atoms with Crippen LogP contribution < -0.4 is 20.9 Å². The van der Waals surface area contributed by atoms with E-state index in [1.165, 1.54) is 4.57 Å². The molecule has 9 nitrogen and oxygen atoms in total. The molecule has 3 aromatic rings. The van der Waals surface area contributed by atoms with E-state index in [9.17, 15) is 4.79 Å². The summed E-state index contributed by atoms with van der Waals surface area (Å²) in [6, 6.07) is 18.4. The lowest BCUT2D eigenvalue weighted by atomic mass is 9.85. The summed E-state index contributed by atoms with van der Waals surface area (Å²) in [6.07, 6.45) is 3.00. The smallest absolute Gasteiger partial charge is 0.320 e. The van der Waals surface area contributed by atoms with Gasteiger partial charge in [0.05, 0.1) is 17.9 Å². The number of rotatable bonds is 6. The molecule has 2 aromatic carbocycles. The fourth-order valence-electron chi connectivity index (χ4n) is 4.66. The highest BCUT2D eigenvalue weighted by Gasteiger charge is 2.30. The summed E-state index contributed by atoms with van der Waals surface area (Å²) in [6.45, 7) is 9.56. The predicted molar refractivity (Wildman–Crippen MR) is 163 cm³/mol. The number of fused-ring (bicyclic) bond motifs is 1. The fourth-order valence-corrected chi connectivity index (χ4v) is 4.66. The summed E-state index contributed by atoms with van der Waals surface area (Å²) in [4.78, 5) is 17.9. The predicted octanol–water partition coefficient (Wildman–Crippen LogP) is 6.56. The number of nitrogens with one attached hydrogen (secondary N) is 5. The van der Waals surface area contributed by atoms with Crippen molar-refractivity contribution >= 4 is 29.1 Å². The van der Waals surface area contributed by atoms with Crippen LogP contribution in [0.15, 0.2) is 71.9 Å². The van der Waals surface area contributed by atoms with E-state index in [2.05, 4.69) is 15.6 Å². The van der Waals surface area contributed by atoms with E-state index in [1.807, 2.05) is 76.2 Å². The van der Waals surface area contributed by atoms with Crippen molar-refractivity contribution in [1.82, 2.24) is 15.2 Å². The van der Waals surface area contributed by atoms with Crippen molar-refractivity contribution in [1.29, 1.82) is 16.2 Å². The highest BCUT2D eigenvalue weighted by atomic mass is 16.5. The molecule has 1 aromatic heterocycles. The lowest BCUT2D eigenvalue weighted by molar-refractivity contribution is 0.171. The maximum atomic E-state index is 13.3. The van der Waals surface area contributed by atoms with Gasteiger partial charge in [-0.1, -0.05) is 62.7 Å². The molecule has 1 aliphatic carbocycles. The Morgan fingerprint density at radius 1 is 1.02 bits per heavy atom. The molecule has 9 heteroatoms. The number of carbonyl (C=O) groups excluding carboxylic acids is 1. The van der Waals surface area contributed by atoms with E-state index in [-0.39, 0.29) is 41.3 Å². The summed E-state index contributed by atoms with van der Waals surface area (Å²) < 4.78 is 7.79. The van der Waals surface area contributed by atoms with Gasteiger partial charge in [-0.2, -0.15) is 0 Å². The topological polar surface area (TPSA) is 139 Å². The van der Waals surface area contributed by atoms with Gasteiger partial charge < -0.3 is 15.5 Å². The number of ether oxygens (including phenoxy) is 1. The minimum atomic E-state index is -0.370. The van der Waals surface area contributed by atoms with E-state index in [0.29, 0.717) is 35.8 Å². The summed E-state index contributed by atoms with van der Waals surface area (Å²) >= 11 is 0. The Bertz CT molecular complexity index is 1530. The van der Waals surface area contributed by atoms with Crippen molar-refractivity contribution < 1.29 is 9.53 Å². The van der Waals surface area contributed by atoms with E-state index in [0.717, 1.165) is 16.7 Å². The number of benzene rings is 2. The summed E-state index contributed by atoms with van der Waals surface area (Å²) in [7, 11) is 0. The number of urea groups is 1. The first-order chi connectivity index (χ1) is 19.4. The first kappa shape index (κ1) is 29.5. The van der Waals surface area contributed by atoms with Crippen LogP contribution in [0, 0.1) is 28.6 Å². The number of carbonyl (C=O) groups is 1. The third-order valence-corrected chi connectivity index (χ3v) is 7.11. The van der Waals surface area contributed by atoms with Gasteiger partial charge >= 0.3 is 6.03 Å². The second kappa shape index (κ2) is 12.3. The van der Waals surface area contributed by atoms with E-state index in [1.54, 1.807) is 25.3 Å². The highest BCUT2D eigenvalue weighted by molar-refractivity contribution is 6.09. The zero-order chi connectivity index (χ0) is 29.7. The van der Waals surface area contributed by atoms with Gasteiger partial charge in [-0.05, 0) is 67.5 Å². The monoisotopic (exact) mass is 553 g/mol. The van der Waals surface area contributed by atoms with Crippen molar-refractivity contribution in [2.24, 2.45) is 10.4 Å². The third-order valence-electron chi connectivity index (χ3n) is 7.11. The normalized spacial score (nSPS) is 16.9. The van der Waals surface area contributed by atoms with Gasteiger partial charge in [-0.3, -0.25) is 20.7 Å². The van der Waals surface area contributed by atoms with Crippen molar-refractivity contribution in [2.45, 2.75) is 66.0 Å². The number of hydrogen-bond donors (Lipinski definition) is 5. The Morgan fingerprint density at radius 3 is 2.37 bits per heavy atom. The summed E-state index contributed by atoms with van der Waals surface area (Å²) in [5, 5.41) is 30.5. The molecule has 1 aliphatic rings. The van der Waals surface area contributed by atoms with Crippen LogP contribution in [0.25, 0.3) is 0 Å². The van der Waals surface area contributed by atoms with Crippen LogP contribution in [0.5, 0.6) is 5.75 Å². The average molecular weight is 554 g/mol. The number of aliphatic imine (C=N–C) groups is 1. The Morgan fingerprint density at radius 2 is 1.71 bits per heavy atom. The van der Waals surface area contributed by atoms with Gasteiger partial charge in [0, 0.05) is 12.1 Å². The molecule has 5 N–H and O–H groups in total. The van der Waals surface area contributed by atoms with Crippen molar-refractivity contribution in [3.63, 3.8) is 0 Å². The lowest BCUT2D eigenvalue weighted by Gasteiger charge is -2.32. The Labute approximate surface area is 241 Å². The molecule has 2 atom stereocenters. The number of amides is 2. The molecular weight excluding hydrogens is 514 g/mol. The number of aromatic nitrogens is 1. The maximum Gasteiger partial charge on any atom is 0.320 e. The Hall–Kier alpha value is -4.53. The quantitative estimate of drug-likeness (QED) is 0.174. The highest BCUT2D eigenvalue weighted by Crippen LogP contribution is 2.38. The van der Waals surface area contributed by atoms with Gasteiger partial charge in [0.2, 0.25) is 0 Å². The number of nitrogens with zero attached hydrogens (tertiary/aromatic N) is 2. The molecule has 214 valence electrons. The van der Waals surface area contributed by atoms with Crippen LogP contribution in [0.1, 0.15) is 75.8 Å². The molecule has 0 bridgehead atoms. The largest absolute Gasteiger partial charge is 0.484 e. The molecule has 0 spiro atoms. The SMILES string of the molecule is CC(=N)n1cc(OC2CCC(NC(=O)NC(CC(=N)C(C)(C)C)=Nc3ccc(C)cc3)c3ccccc32)ccc1=N. The maximum absolute atomic E-state index is 13.3. The molecule has 1 heterocycles. The van der Waals surface area contributed by atoms with Gasteiger partial charge in [0.15, 0.2) is 0 Å². The molecule has 0 saturated carbocycles. The van der Waals surface area contributed by atoms with Crippen molar-refractivity contribution in [3.8, 4) is 5.75 Å². The van der Waals surface area contributed by atoms with Gasteiger partial charge in [0.1, 0.15) is 29.0 Å². The molecule has 0 radical (unpaired) electrons. The minimum Gasteiger partial charge on any atom is -0.484 e. The van der Waals surface area contributed by atoms with Gasteiger partial charge in [0.25, 0.3) is 0 Å². The molecule has 0 fully saturated rings. The third kappa shape index (κ3) is 7.57. The van der Waals surface area contributed by atoms with Gasteiger partial charge in [-0.15, -0.1) is 0 Å². The second-order valence-electron chi connectivity index (χ2n) is 11.5. The van der Waals surface area contributed by atoms with Crippen molar-refractivity contribution in [3.05, 3.63) is 89.0 Å². The van der Waals surface area contributed by atoms with Crippen LogP contribution in [-0.2, 0) is 0 Å². The number of pyridine rings is 1. The van der Waals surface area contributed by atoms with Crippen LogP contribution >= 0.6 is 0 Å². The van der Waals surface area contributed by atoms with Gasteiger partial charge in [-0.25, -0.2) is 9.79 Å². The molecule has 41 heavy (non-hydrogen) atoms. The zero-order valence-corrected chi connectivity index (χ0v) is 24.3. The molecule has 4 rings (SSSR count). The lowest BCUT2D eigenvalue weighted by Crippen LogP contribution is -2.43. The first-order valence-corrected chi connectivity index (χ1v) is 13.8. The first-order valence-electron chi connectivity index (χ1n) is 13.8. The van der Waals surface area contributed by atoms with Crippen LogP contribution in [-0.4, -0.2) is 28.0 Å². The standard InChI is InChI=1S/C32H39N7O2/c1-20-10-12-22(13-11-20)36-30(18-28(34)32(3,4)5)38-31(40)37-26-15-16-27(25-9-7-6-8-24(25)26)41-23-14-17-29(35)39(19-23)21(2)33/h6-14,17,19,26-27,33-35H,15-16,18H2,1-5H3,(H2,36,37,38,40). The minimum absolute atomic E-state index is 0.215.